The Labute approximate surface area is 182 Å². The van der Waals surface area contributed by atoms with Crippen LogP contribution in [0, 0.1) is 5.41 Å². The van der Waals surface area contributed by atoms with Crippen LogP contribution >= 0.6 is 0 Å². The Bertz CT molecular complexity index is 720. The monoisotopic (exact) mass is 440 g/mol. The number of methoxy groups -OCH3 is 2. The first-order valence-corrected chi connectivity index (χ1v) is 10.3. The van der Waals surface area contributed by atoms with E-state index in [1.807, 2.05) is 0 Å². The molecule has 0 bridgehead atoms. The lowest BCUT2D eigenvalue weighted by Gasteiger charge is -2.26. The predicted octanol–water partition coefficient (Wildman–Crippen LogP) is 2.08. The number of esters is 2. The van der Waals surface area contributed by atoms with E-state index in [0.717, 1.165) is 27.1 Å². The van der Waals surface area contributed by atoms with E-state index in [9.17, 15) is 14.4 Å². The molecule has 0 aromatic rings. The number of rotatable bonds is 9. The number of hydrogen-bond acceptors (Lipinski definition) is 9. The molecule has 9 heteroatoms. The SMILES string of the molecule is COC(=O)C(C)(C(=O)OC)C(=O)C(=C=C(C)CC1(C)OCCO1)COC1CCCCO1. The largest absolute Gasteiger partial charge is 0.468 e. The van der Waals surface area contributed by atoms with Crippen molar-refractivity contribution in [3.05, 3.63) is 16.9 Å². The van der Waals surface area contributed by atoms with E-state index in [1.165, 1.54) is 6.92 Å². The zero-order chi connectivity index (χ0) is 23.1. The standard InChI is InChI=1S/C22H32O9/c1-15(13-21(2)30-10-11-31-21)12-16(14-29-17-8-6-7-9-28-17)18(23)22(3,19(24)26-4)20(25)27-5/h17H,6-11,13-14H2,1-5H3. The Kier molecular flexibility index (Phi) is 8.97. The number of carbonyl (C=O) groups excluding carboxylic acids is 3. The molecule has 0 amide bonds. The normalized spacial score (nSPS) is 20.5. The average molecular weight is 440 g/mol. The second-order valence-electron chi connectivity index (χ2n) is 7.94. The van der Waals surface area contributed by atoms with Gasteiger partial charge in [-0.3, -0.25) is 14.4 Å². The first-order chi connectivity index (χ1) is 14.7. The minimum absolute atomic E-state index is 0.00608. The molecular formula is C22H32O9. The summed E-state index contributed by atoms with van der Waals surface area (Å²) in [5.41, 5.74) is 1.46. The van der Waals surface area contributed by atoms with Crippen molar-refractivity contribution in [2.75, 3.05) is 40.6 Å². The van der Waals surface area contributed by atoms with Crippen LogP contribution in [0.15, 0.2) is 16.9 Å². The van der Waals surface area contributed by atoms with Crippen molar-refractivity contribution >= 4 is 17.7 Å². The third kappa shape index (κ3) is 6.24. The van der Waals surface area contributed by atoms with Crippen LogP contribution in [0.3, 0.4) is 0 Å². The van der Waals surface area contributed by atoms with Gasteiger partial charge in [-0.05, 0) is 45.6 Å². The molecule has 9 nitrogen and oxygen atoms in total. The van der Waals surface area contributed by atoms with Crippen molar-refractivity contribution in [2.45, 2.75) is 58.5 Å². The third-order valence-electron chi connectivity index (χ3n) is 5.32. The van der Waals surface area contributed by atoms with Gasteiger partial charge in [0.05, 0.1) is 39.6 Å². The summed E-state index contributed by atoms with van der Waals surface area (Å²) in [6.45, 7) is 6.06. The Balaban J connectivity index is 2.38. The highest BCUT2D eigenvalue weighted by Gasteiger charge is 2.52. The summed E-state index contributed by atoms with van der Waals surface area (Å²) in [6.07, 6.45) is 2.45. The first-order valence-electron chi connectivity index (χ1n) is 10.3. The predicted molar refractivity (Wildman–Crippen MR) is 108 cm³/mol. The topological polar surface area (TPSA) is 107 Å². The highest BCUT2D eigenvalue weighted by Crippen LogP contribution is 2.29. The van der Waals surface area contributed by atoms with Crippen molar-refractivity contribution in [3.63, 3.8) is 0 Å². The highest BCUT2D eigenvalue weighted by molar-refractivity contribution is 6.24. The molecule has 0 aliphatic carbocycles. The van der Waals surface area contributed by atoms with Gasteiger partial charge in [-0.25, -0.2) is 0 Å². The maximum atomic E-state index is 13.4. The van der Waals surface area contributed by atoms with E-state index >= 15 is 0 Å². The summed E-state index contributed by atoms with van der Waals surface area (Å²) in [7, 11) is 2.20. The maximum Gasteiger partial charge on any atom is 0.331 e. The van der Waals surface area contributed by atoms with Crippen LogP contribution < -0.4 is 0 Å². The molecule has 174 valence electrons. The molecule has 0 radical (unpaired) electrons. The van der Waals surface area contributed by atoms with Crippen LogP contribution in [-0.2, 0) is 42.8 Å². The fourth-order valence-corrected chi connectivity index (χ4v) is 3.60. The first kappa shape index (κ1) is 25.2. The van der Waals surface area contributed by atoms with E-state index < -0.39 is 35.2 Å². The van der Waals surface area contributed by atoms with E-state index in [-0.39, 0.29) is 12.2 Å². The van der Waals surface area contributed by atoms with Crippen molar-refractivity contribution in [3.8, 4) is 0 Å². The molecule has 1 unspecified atom stereocenters. The molecule has 2 saturated heterocycles. The zero-order valence-corrected chi connectivity index (χ0v) is 18.9. The van der Waals surface area contributed by atoms with Gasteiger partial charge in [0.1, 0.15) is 0 Å². The minimum Gasteiger partial charge on any atom is -0.468 e. The molecule has 0 N–H and O–H groups in total. The quantitative estimate of drug-likeness (QED) is 0.230. The minimum atomic E-state index is -2.19. The second-order valence-corrected chi connectivity index (χ2v) is 7.94. The van der Waals surface area contributed by atoms with Crippen LogP contribution in [-0.4, -0.2) is 70.4 Å². The summed E-state index contributed by atoms with van der Waals surface area (Å²) in [4.78, 5) is 38.2. The van der Waals surface area contributed by atoms with Crippen molar-refractivity contribution in [1.29, 1.82) is 0 Å². The van der Waals surface area contributed by atoms with Gasteiger partial charge < -0.3 is 28.4 Å². The Morgan fingerprint density at radius 1 is 1.06 bits per heavy atom. The molecule has 0 spiro atoms. The Hall–Kier alpha value is -2.03. The molecule has 2 fully saturated rings. The average Bonchev–Trinajstić information content (AvgIpc) is 3.20. The fourth-order valence-electron chi connectivity index (χ4n) is 3.60. The van der Waals surface area contributed by atoms with E-state index in [4.69, 9.17) is 28.4 Å². The molecule has 31 heavy (non-hydrogen) atoms. The third-order valence-corrected chi connectivity index (χ3v) is 5.32. The lowest BCUT2D eigenvalue weighted by Crippen LogP contribution is -2.46. The van der Waals surface area contributed by atoms with Gasteiger partial charge in [-0.15, -0.1) is 5.73 Å². The lowest BCUT2D eigenvalue weighted by molar-refractivity contribution is -0.171. The van der Waals surface area contributed by atoms with Crippen LogP contribution in [0.4, 0.5) is 0 Å². The van der Waals surface area contributed by atoms with Crippen molar-refractivity contribution in [2.24, 2.45) is 5.41 Å². The molecule has 1 atom stereocenters. The van der Waals surface area contributed by atoms with Crippen LogP contribution in [0.2, 0.25) is 0 Å². The number of ether oxygens (including phenoxy) is 6. The molecule has 0 aromatic carbocycles. The molecule has 2 heterocycles. The smallest absolute Gasteiger partial charge is 0.331 e. The van der Waals surface area contributed by atoms with Crippen LogP contribution in [0.25, 0.3) is 0 Å². The van der Waals surface area contributed by atoms with E-state index in [1.54, 1.807) is 13.8 Å². The zero-order valence-electron chi connectivity index (χ0n) is 18.9. The Morgan fingerprint density at radius 3 is 2.19 bits per heavy atom. The molecule has 2 aliphatic rings. The van der Waals surface area contributed by atoms with Gasteiger partial charge >= 0.3 is 11.9 Å². The maximum absolute atomic E-state index is 13.4. The van der Waals surface area contributed by atoms with Gasteiger partial charge in [-0.2, -0.15) is 0 Å². The van der Waals surface area contributed by atoms with E-state index in [0.29, 0.717) is 38.2 Å². The van der Waals surface area contributed by atoms with Crippen molar-refractivity contribution < 1.29 is 42.8 Å². The summed E-state index contributed by atoms with van der Waals surface area (Å²) < 4.78 is 32.0. The van der Waals surface area contributed by atoms with Crippen LogP contribution in [0.5, 0.6) is 0 Å². The molecule has 0 saturated carbocycles. The van der Waals surface area contributed by atoms with Crippen LogP contribution in [0.1, 0.15) is 46.5 Å². The Morgan fingerprint density at radius 2 is 1.68 bits per heavy atom. The number of Topliss-reactive ketones (excluding diaryl/α,β-unsaturated/α-hetero) is 1. The lowest BCUT2D eigenvalue weighted by atomic mass is 9.82. The van der Waals surface area contributed by atoms with E-state index in [2.05, 4.69) is 5.73 Å². The molecular weight excluding hydrogens is 408 g/mol. The number of carbonyl (C=O) groups is 3. The fraction of sp³-hybridized carbons (Fsp3) is 0.727. The van der Waals surface area contributed by atoms with Gasteiger partial charge in [0.15, 0.2) is 17.9 Å². The molecule has 2 rings (SSSR count). The molecule has 2 aliphatic heterocycles. The number of hydrogen-bond donors (Lipinski definition) is 0. The number of ketones is 1. The van der Waals surface area contributed by atoms with Gasteiger partial charge in [0.2, 0.25) is 5.41 Å². The van der Waals surface area contributed by atoms with Crippen molar-refractivity contribution in [1.82, 2.24) is 0 Å². The summed E-state index contributed by atoms with van der Waals surface area (Å²) in [6, 6.07) is 0. The summed E-state index contributed by atoms with van der Waals surface area (Å²) >= 11 is 0. The summed E-state index contributed by atoms with van der Waals surface area (Å²) in [5.74, 6) is -3.68. The highest BCUT2D eigenvalue weighted by atomic mass is 16.7. The second kappa shape index (κ2) is 11.0. The molecule has 0 aromatic heterocycles. The van der Waals surface area contributed by atoms with Gasteiger partial charge in [-0.1, -0.05) is 0 Å². The van der Waals surface area contributed by atoms with Gasteiger partial charge in [0.25, 0.3) is 0 Å². The summed E-state index contributed by atoms with van der Waals surface area (Å²) in [5, 5.41) is 0. The van der Waals surface area contributed by atoms with Gasteiger partial charge in [0, 0.05) is 13.0 Å².